The first kappa shape index (κ1) is 38.6. The van der Waals surface area contributed by atoms with E-state index >= 15 is 0 Å². The minimum atomic E-state index is -0.0316. The smallest absolute Gasteiger partial charge is 0.216 e. The van der Waals surface area contributed by atoms with Gasteiger partial charge in [-0.25, -0.2) is 14.5 Å². The summed E-state index contributed by atoms with van der Waals surface area (Å²) in [5, 5.41) is 0. The molecule has 0 saturated heterocycles. The van der Waals surface area contributed by atoms with Crippen molar-refractivity contribution in [2.45, 2.75) is 122 Å². The Kier molecular flexibility index (Phi) is 27.3. The van der Waals surface area contributed by atoms with Crippen LogP contribution in [0.5, 0.6) is 5.88 Å². The molecule has 0 fully saturated rings. The highest BCUT2D eigenvalue weighted by atomic mass is 35.5. The first-order chi connectivity index (χ1) is 20.4. The summed E-state index contributed by atoms with van der Waals surface area (Å²) in [6, 6.07) is 7.91. The Morgan fingerprint density at radius 2 is 1.36 bits per heavy atom. The number of hydrogen-bond acceptors (Lipinski definition) is 6. The molecular formula is C34H58ClN3O3S. The van der Waals surface area contributed by atoms with Crippen molar-refractivity contribution in [2.24, 2.45) is 0 Å². The summed E-state index contributed by atoms with van der Waals surface area (Å²) >= 11 is 1.84. The van der Waals surface area contributed by atoms with Gasteiger partial charge in [-0.3, -0.25) is 0 Å². The van der Waals surface area contributed by atoms with Gasteiger partial charge in [0.2, 0.25) is 5.88 Å². The van der Waals surface area contributed by atoms with E-state index in [0.717, 1.165) is 44.3 Å². The predicted octanol–water partition coefficient (Wildman–Crippen LogP) is 5.24. The van der Waals surface area contributed by atoms with Crippen LogP contribution in [-0.4, -0.2) is 54.0 Å². The molecule has 2 heterocycles. The maximum atomic E-state index is 6.09. The summed E-state index contributed by atoms with van der Waals surface area (Å²) in [6.45, 7) is 6.00. The lowest BCUT2D eigenvalue weighted by Crippen LogP contribution is -3.00. The van der Waals surface area contributed by atoms with Crippen LogP contribution in [0.1, 0.15) is 110 Å². The molecule has 0 amide bonds. The average molecular weight is 624 g/mol. The Labute approximate surface area is 267 Å². The Morgan fingerprint density at radius 3 is 1.95 bits per heavy atom. The summed E-state index contributed by atoms with van der Waals surface area (Å²) in [4.78, 5) is 8.21. The molecule has 0 saturated carbocycles. The van der Waals surface area contributed by atoms with E-state index in [9.17, 15) is 0 Å². The van der Waals surface area contributed by atoms with Gasteiger partial charge in [0, 0.05) is 42.5 Å². The largest absolute Gasteiger partial charge is 1.00 e. The molecule has 0 aliphatic heterocycles. The molecule has 0 N–H and O–H groups in total. The van der Waals surface area contributed by atoms with Gasteiger partial charge in [0.25, 0.3) is 0 Å². The van der Waals surface area contributed by atoms with E-state index in [2.05, 4.69) is 33.9 Å². The Bertz CT molecular complexity index is 807. The van der Waals surface area contributed by atoms with Crippen molar-refractivity contribution in [2.75, 3.05) is 37.9 Å². The number of ether oxygens (including phenoxy) is 3. The third-order valence-electron chi connectivity index (χ3n) is 7.24. The fraction of sp³-hybridized carbons (Fsp3) is 0.735. The van der Waals surface area contributed by atoms with Crippen LogP contribution >= 0.6 is 11.8 Å². The predicted molar refractivity (Wildman–Crippen MR) is 172 cm³/mol. The Morgan fingerprint density at radius 1 is 0.738 bits per heavy atom. The normalized spacial score (nSPS) is 11.7. The molecule has 42 heavy (non-hydrogen) atoms. The van der Waals surface area contributed by atoms with Crippen LogP contribution in [0.25, 0.3) is 0 Å². The average Bonchev–Trinajstić information content (AvgIpc) is 3.01. The summed E-state index contributed by atoms with van der Waals surface area (Å²) in [7, 11) is 0. The zero-order valence-corrected chi connectivity index (χ0v) is 27.9. The van der Waals surface area contributed by atoms with Crippen LogP contribution in [0.4, 0.5) is 0 Å². The van der Waals surface area contributed by atoms with E-state index in [1.807, 2.05) is 30.0 Å². The van der Waals surface area contributed by atoms with Crippen molar-refractivity contribution in [3.8, 4) is 5.88 Å². The van der Waals surface area contributed by atoms with Crippen LogP contribution in [0.15, 0.2) is 49.2 Å². The van der Waals surface area contributed by atoms with Crippen molar-refractivity contribution in [3.63, 3.8) is 0 Å². The monoisotopic (exact) mass is 623 g/mol. The van der Waals surface area contributed by atoms with E-state index in [0.29, 0.717) is 12.5 Å². The van der Waals surface area contributed by atoms with Crippen molar-refractivity contribution >= 4 is 11.8 Å². The maximum absolute atomic E-state index is 6.09. The van der Waals surface area contributed by atoms with Crippen LogP contribution in [-0.2, 0) is 16.0 Å². The summed E-state index contributed by atoms with van der Waals surface area (Å²) < 4.78 is 20.0. The van der Waals surface area contributed by atoms with E-state index in [4.69, 9.17) is 14.2 Å². The van der Waals surface area contributed by atoms with Gasteiger partial charge in [0.05, 0.1) is 13.2 Å². The number of halogens is 1. The minimum absolute atomic E-state index is 0. The number of pyridine rings is 1. The second-order valence-electron chi connectivity index (χ2n) is 11.0. The molecule has 0 radical (unpaired) electrons. The Hall–Kier alpha value is -1.41. The van der Waals surface area contributed by atoms with E-state index in [1.54, 1.807) is 12.3 Å². The van der Waals surface area contributed by atoms with Gasteiger partial charge in [-0.1, -0.05) is 109 Å². The molecule has 1 unspecified atom stereocenters. The standard InChI is InChI=1S/C34H58N3O3S.ClH/c1-2-3-4-5-6-7-8-9-10-11-12-13-14-15-16-20-26-39-30-33(40-34-21-22-35-32-36-34)31-41-29-28-38-27-25-37-23-18-17-19-24-37;/h17-19,21-24,32-33H,2-16,20,25-31H2,1H3;1H/q+1;/p-1. The van der Waals surface area contributed by atoms with Gasteiger partial charge >= 0.3 is 0 Å². The molecule has 0 aliphatic rings. The maximum Gasteiger partial charge on any atom is 0.216 e. The highest BCUT2D eigenvalue weighted by molar-refractivity contribution is 7.99. The van der Waals surface area contributed by atoms with Crippen LogP contribution in [0.2, 0.25) is 0 Å². The fourth-order valence-corrected chi connectivity index (χ4v) is 5.62. The van der Waals surface area contributed by atoms with Gasteiger partial charge in [-0.2, -0.15) is 11.8 Å². The SMILES string of the molecule is CCCCCCCCCCCCCCCCCCOCC(CSCCOCC[n+]1ccccc1)Oc1ccncn1.[Cl-]. The molecule has 6 nitrogen and oxygen atoms in total. The zero-order chi connectivity index (χ0) is 28.9. The molecule has 8 heteroatoms. The first-order valence-electron chi connectivity index (χ1n) is 16.5. The lowest BCUT2D eigenvalue weighted by Gasteiger charge is -2.18. The second kappa shape index (κ2) is 29.7. The third kappa shape index (κ3) is 23.1. The molecule has 0 aromatic carbocycles. The second-order valence-corrected chi connectivity index (χ2v) is 12.1. The molecule has 0 spiro atoms. The van der Waals surface area contributed by atoms with Crippen LogP contribution in [0, 0.1) is 0 Å². The van der Waals surface area contributed by atoms with Gasteiger partial charge in [-0.05, 0) is 6.42 Å². The molecule has 2 rings (SSSR count). The lowest BCUT2D eigenvalue weighted by molar-refractivity contribution is -0.698. The topological polar surface area (TPSA) is 57.4 Å². The van der Waals surface area contributed by atoms with Gasteiger partial charge in [-0.15, -0.1) is 0 Å². The van der Waals surface area contributed by atoms with Gasteiger partial charge in [0.1, 0.15) is 19.0 Å². The molecule has 2 aromatic heterocycles. The Balaban J connectivity index is 0.00000882. The zero-order valence-electron chi connectivity index (χ0n) is 26.3. The van der Waals surface area contributed by atoms with Crippen molar-refractivity contribution in [3.05, 3.63) is 49.2 Å². The highest BCUT2D eigenvalue weighted by Crippen LogP contribution is 2.14. The number of hydrogen-bond donors (Lipinski definition) is 0. The van der Waals surface area contributed by atoms with Crippen molar-refractivity contribution in [1.29, 1.82) is 0 Å². The van der Waals surface area contributed by atoms with E-state index in [1.165, 1.54) is 103 Å². The van der Waals surface area contributed by atoms with Crippen molar-refractivity contribution in [1.82, 2.24) is 9.97 Å². The molecule has 0 aliphatic carbocycles. The molecule has 1 atom stereocenters. The summed E-state index contributed by atoms with van der Waals surface area (Å²) in [5.74, 6) is 2.38. The summed E-state index contributed by atoms with van der Waals surface area (Å²) in [5.41, 5.74) is 0. The minimum Gasteiger partial charge on any atom is -1.00 e. The summed E-state index contributed by atoms with van der Waals surface area (Å²) in [6.07, 6.45) is 29.5. The van der Waals surface area contributed by atoms with Crippen LogP contribution < -0.4 is 21.7 Å². The lowest BCUT2D eigenvalue weighted by atomic mass is 10.0. The molecule has 2 aromatic rings. The van der Waals surface area contributed by atoms with E-state index < -0.39 is 0 Å². The number of unbranched alkanes of at least 4 members (excludes halogenated alkanes) is 15. The first-order valence-corrected chi connectivity index (χ1v) is 17.6. The molecule has 0 bridgehead atoms. The fourth-order valence-electron chi connectivity index (χ4n) is 4.79. The number of aromatic nitrogens is 3. The van der Waals surface area contributed by atoms with E-state index in [-0.39, 0.29) is 18.5 Å². The van der Waals surface area contributed by atoms with Gasteiger partial charge in [0.15, 0.2) is 18.9 Å². The highest BCUT2D eigenvalue weighted by Gasteiger charge is 2.12. The third-order valence-corrected chi connectivity index (χ3v) is 8.30. The number of thioether (sulfide) groups is 1. The van der Waals surface area contributed by atoms with Crippen LogP contribution in [0.3, 0.4) is 0 Å². The molecule has 240 valence electrons. The number of nitrogens with zero attached hydrogens (tertiary/aromatic N) is 3. The van der Waals surface area contributed by atoms with Crippen molar-refractivity contribution < 1.29 is 31.2 Å². The number of rotatable bonds is 29. The quantitative estimate of drug-likeness (QED) is 0.0912. The van der Waals surface area contributed by atoms with Gasteiger partial charge < -0.3 is 26.6 Å². The molecular weight excluding hydrogens is 566 g/mol.